The zero-order valence-corrected chi connectivity index (χ0v) is 35.3. The summed E-state index contributed by atoms with van der Waals surface area (Å²) in [7, 11) is 0. The minimum Gasteiger partial charge on any atom is -0.480 e. The molecule has 0 aliphatic carbocycles. The highest BCUT2D eigenvalue weighted by Gasteiger charge is 2.34. The van der Waals surface area contributed by atoms with Gasteiger partial charge in [-0.2, -0.15) is 0 Å². The molecule has 7 amide bonds. The van der Waals surface area contributed by atoms with Gasteiger partial charge in [-0.1, -0.05) is 62.4 Å². The van der Waals surface area contributed by atoms with E-state index in [1.165, 1.54) is 6.92 Å². The highest BCUT2D eigenvalue weighted by molar-refractivity contribution is 5.99. The number of nitrogens with zero attached hydrogens (tertiary/aromatic N) is 1. The summed E-state index contributed by atoms with van der Waals surface area (Å²) < 4.78 is 0. The number of aliphatic hydroxyl groups excluding tert-OH is 1. The van der Waals surface area contributed by atoms with Gasteiger partial charge in [0.1, 0.15) is 36.3 Å². The van der Waals surface area contributed by atoms with Gasteiger partial charge in [0.2, 0.25) is 41.4 Å². The van der Waals surface area contributed by atoms with E-state index in [4.69, 9.17) is 22.9 Å². The van der Waals surface area contributed by atoms with Crippen molar-refractivity contribution in [3.05, 3.63) is 71.9 Å². The molecule has 1 aromatic heterocycles. The number of para-hydroxylation sites is 1. The molecule has 17 N–H and O–H groups in total. The van der Waals surface area contributed by atoms with Crippen LogP contribution in [0.15, 0.2) is 65.8 Å². The number of hydrogen-bond acceptors (Lipinski definition) is 11. The van der Waals surface area contributed by atoms with Gasteiger partial charge in [-0.15, -0.1) is 0 Å². The summed E-state index contributed by atoms with van der Waals surface area (Å²) in [5.74, 6) is -8.38. The van der Waals surface area contributed by atoms with Gasteiger partial charge in [-0.3, -0.25) is 43.3 Å². The van der Waals surface area contributed by atoms with Crippen LogP contribution in [-0.2, 0) is 51.2 Å². The van der Waals surface area contributed by atoms with E-state index < -0.39 is 103 Å². The molecule has 0 radical (unpaired) electrons. The van der Waals surface area contributed by atoms with Gasteiger partial charge in [-0.25, -0.2) is 0 Å². The molecule has 3 rings (SSSR count). The number of aliphatic carboxylic acids is 1. The topological polar surface area (TPSA) is 381 Å². The Labute approximate surface area is 363 Å². The zero-order chi connectivity index (χ0) is 46.8. The van der Waals surface area contributed by atoms with E-state index in [0.717, 1.165) is 0 Å². The van der Waals surface area contributed by atoms with E-state index in [-0.39, 0.29) is 44.1 Å². The van der Waals surface area contributed by atoms with Crippen LogP contribution in [0.25, 0.3) is 10.9 Å². The lowest BCUT2D eigenvalue weighted by Crippen LogP contribution is -2.61. The van der Waals surface area contributed by atoms with Gasteiger partial charge >= 0.3 is 5.97 Å². The van der Waals surface area contributed by atoms with Crippen LogP contribution in [0.3, 0.4) is 0 Å². The molecule has 0 aliphatic heterocycles. The monoisotopic (exact) mass is 878 g/mol. The molecule has 342 valence electrons. The highest BCUT2D eigenvalue weighted by atomic mass is 16.4. The minimum absolute atomic E-state index is 0.0136. The molecule has 0 bridgehead atoms. The fourth-order valence-electron chi connectivity index (χ4n) is 6.20. The van der Waals surface area contributed by atoms with Gasteiger partial charge in [0, 0.05) is 36.5 Å². The summed E-state index contributed by atoms with van der Waals surface area (Å²) in [4.78, 5) is 113. The number of amides is 7. The number of hydrogen-bond donors (Lipinski definition) is 13. The smallest absolute Gasteiger partial charge is 0.325 e. The third-order valence-electron chi connectivity index (χ3n) is 9.83. The summed E-state index contributed by atoms with van der Waals surface area (Å²) in [5, 5.41) is 34.9. The number of benzene rings is 2. The Morgan fingerprint density at radius 1 is 0.667 bits per heavy atom. The largest absolute Gasteiger partial charge is 0.480 e. The van der Waals surface area contributed by atoms with Gasteiger partial charge in [-0.05, 0) is 42.9 Å². The fraction of sp³-hybridized carbons (Fsp3) is 0.439. The first-order valence-electron chi connectivity index (χ1n) is 20.1. The molecule has 7 atom stereocenters. The van der Waals surface area contributed by atoms with Gasteiger partial charge in [0.05, 0.1) is 19.1 Å². The van der Waals surface area contributed by atoms with Crippen LogP contribution >= 0.6 is 0 Å². The number of carboxylic acids is 1. The maximum absolute atomic E-state index is 14.3. The van der Waals surface area contributed by atoms with Crippen molar-refractivity contribution in [1.29, 1.82) is 0 Å². The lowest BCUT2D eigenvalue weighted by atomic mass is 10.0. The quantitative estimate of drug-likeness (QED) is 0.0228. The van der Waals surface area contributed by atoms with E-state index in [1.807, 2.05) is 0 Å². The number of aromatic amines is 1. The van der Waals surface area contributed by atoms with Crippen LogP contribution in [0, 0.1) is 5.92 Å². The molecule has 1 heterocycles. The first-order valence-corrected chi connectivity index (χ1v) is 20.1. The van der Waals surface area contributed by atoms with E-state index in [2.05, 4.69) is 41.9 Å². The lowest BCUT2D eigenvalue weighted by Gasteiger charge is -2.27. The van der Waals surface area contributed by atoms with Crippen molar-refractivity contribution in [3.63, 3.8) is 0 Å². The number of carbonyl (C=O) groups is 8. The standard InChI is InChI=1S/C41H58N12O10/c1-21(2)33(43)39(61)53-31(20-54)38(60)49-27(14-9-15-46-41(44)45)34(56)52-30(18-32(42)55)37(59)51-29(17-24-19-47-26-13-8-7-12-25(24)26)36(58)50-28(16-23-10-5-4-6-11-23)35(57)48-22(3)40(62)63/h4-8,10-13,19,21-22,27-31,33,47,54H,9,14-18,20,43H2,1-3H3,(H2,42,55)(H,48,57)(H,49,60)(H,50,58)(H,51,59)(H,52,56)(H,53,61)(H,62,63)(H4,44,45,46)/t22-,27-,28-,29-,30-,31-,33-/m0/s1. The average molecular weight is 879 g/mol. The van der Waals surface area contributed by atoms with Crippen molar-refractivity contribution >= 4 is 64.2 Å². The second-order valence-electron chi connectivity index (χ2n) is 15.2. The number of rotatable bonds is 25. The molecule has 22 heteroatoms. The molecule has 63 heavy (non-hydrogen) atoms. The molecule has 0 spiro atoms. The Morgan fingerprint density at radius 3 is 1.79 bits per heavy atom. The van der Waals surface area contributed by atoms with Crippen molar-refractivity contribution in [2.45, 2.75) is 95.2 Å². The first-order chi connectivity index (χ1) is 29.8. The number of guanidine groups is 1. The Morgan fingerprint density at radius 2 is 1.19 bits per heavy atom. The molecular weight excluding hydrogens is 821 g/mol. The lowest BCUT2D eigenvalue weighted by molar-refractivity contribution is -0.141. The molecular formula is C41H58N12O10. The predicted molar refractivity (Wildman–Crippen MR) is 231 cm³/mol. The van der Waals surface area contributed by atoms with Crippen LogP contribution in [0.4, 0.5) is 0 Å². The molecule has 22 nitrogen and oxygen atoms in total. The van der Waals surface area contributed by atoms with E-state index in [9.17, 15) is 48.6 Å². The van der Waals surface area contributed by atoms with E-state index >= 15 is 0 Å². The Kier molecular flexibility index (Phi) is 19.5. The van der Waals surface area contributed by atoms with Crippen molar-refractivity contribution in [2.75, 3.05) is 13.2 Å². The average Bonchev–Trinajstić information content (AvgIpc) is 3.64. The highest BCUT2D eigenvalue weighted by Crippen LogP contribution is 2.20. The number of nitrogens with one attached hydrogen (secondary N) is 7. The second-order valence-corrected chi connectivity index (χ2v) is 15.2. The van der Waals surface area contributed by atoms with Crippen LogP contribution in [0.2, 0.25) is 0 Å². The number of nitrogens with two attached hydrogens (primary N) is 4. The summed E-state index contributed by atoms with van der Waals surface area (Å²) in [5.41, 5.74) is 24.1. The maximum Gasteiger partial charge on any atom is 0.325 e. The van der Waals surface area contributed by atoms with Gasteiger partial charge < -0.3 is 70.0 Å². The SMILES string of the molecule is CC(C)[C@H](N)C(=O)N[C@@H](CO)C(=O)N[C@@H](CCCN=C(N)N)C(=O)N[C@@H](CC(N)=O)C(=O)N[C@@H](Cc1c[nH]c2ccccc12)C(=O)N[C@@H](Cc1ccccc1)C(=O)N[C@@H](C)C(=O)O. The molecule has 0 unspecified atom stereocenters. The third-order valence-corrected chi connectivity index (χ3v) is 9.83. The van der Waals surface area contributed by atoms with Crippen molar-refractivity contribution in [2.24, 2.45) is 33.8 Å². The summed E-state index contributed by atoms with van der Waals surface area (Å²) in [6.07, 6.45) is 0.558. The fourth-order valence-corrected chi connectivity index (χ4v) is 6.20. The minimum atomic E-state index is -1.73. The number of aliphatic imine (C=N–C) groups is 1. The van der Waals surface area contributed by atoms with Crippen molar-refractivity contribution in [1.82, 2.24) is 36.9 Å². The summed E-state index contributed by atoms with van der Waals surface area (Å²) >= 11 is 0. The molecule has 0 saturated heterocycles. The molecule has 0 fully saturated rings. The Bertz CT molecular complexity index is 2110. The first kappa shape index (κ1) is 50.3. The summed E-state index contributed by atoms with van der Waals surface area (Å²) in [6, 6.07) is 5.82. The number of fused-ring (bicyclic) bond motifs is 1. The van der Waals surface area contributed by atoms with Gasteiger partial charge in [0.15, 0.2) is 5.96 Å². The number of primary amides is 1. The number of aromatic nitrogens is 1. The molecule has 0 aliphatic rings. The van der Waals surface area contributed by atoms with Crippen LogP contribution in [0.5, 0.6) is 0 Å². The van der Waals surface area contributed by atoms with E-state index in [1.54, 1.807) is 74.6 Å². The van der Waals surface area contributed by atoms with Crippen LogP contribution in [-0.4, -0.2) is 124 Å². The van der Waals surface area contributed by atoms with Gasteiger partial charge in [0.25, 0.3) is 0 Å². The molecule has 3 aromatic rings. The van der Waals surface area contributed by atoms with E-state index in [0.29, 0.717) is 22.0 Å². The number of carboxylic acid groups (broad SMARTS) is 1. The van der Waals surface area contributed by atoms with Crippen molar-refractivity contribution < 1.29 is 48.6 Å². The summed E-state index contributed by atoms with van der Waals surface area (Å²) in [6.45, 7) is 3.75. The molecule has 0 saturated carbocycles. The van der Waals surface area contributed by atoms with Crippen LogP contribution < -0.4 is 54.8 Å². The number of aliphatic hydroxyl groups is 1. The Balaban J connectivity index is 1.96. The number of H-pyrrole nitrogens is 1. The Hall–Kier alpha value is -7.07. The third kappa shape index (κ3) is 16.0. The van der Waals surface area contributed by atoms with Crippen LogP contribution in [0.1, 0.15) is 51.2 Å². The predicted octanol–water partition coefficient (Wildman–Crippen LogP) is -3.13. The normalized spacial score (nSPS) is 14.4. The number of carbonyl (C=O) groups excluding carboxylic acids is 7. The molecule has 2 aromatic carbocycles. The maximum atomic E-state index is 14.3. The second kappa shape index (κ2) is 24.4. The van der Waals surface area contributed by atoms with Crippen molar-refractivity contribution in [3.8, 4) is 0 Å². The zero-order valence-electron chi connectivity index (χ0n) is 35.3.